The van der Waals surface area contributed by atoms with Crippen LogP contribution in [0.4, 0.5) is 4.39 Å². The van der Waals surface area contributed by atoms with E-state index in [1.54, 1.807) is 32.0 Å². The van der Waals surface area contributed by atoms with Crippen molar-refractivity contribution < 1.29 is 23.5 Å². The number of fused-ring (bicyclic) bond motifs is 1. The second-order valence-corrected chi connectivity index (χ2v) is 8.86. The molecule has 2 heterocycles. The highest BCUT2D eigenvalue weighted by Gasteiger charge is 2.48. The molecule has 9 heteroatoms. The normalized spacial score (nSPS) is 20.9. The van der Waals surface area contributed by atoms with Crippen LogP contribution in [0.3, 0.4) is 0 Å². The minimum atomic E-state index is -1.32. The van der Waals surface area contributed by atoms with Gasteiger partial charge in [-0.05, 0) is 32.8 Å². The molecule has 1 fully saturated rings. The number of aromatic nitrogens is 2. The van der Waals surface area contributed by atoms with Crippen LogP contribution in [-0.4, -0.2) is 50.7 Å². The van der Waals surface area contributed by atoms with E-state index < -0.39 is 23.2 Å². The number of ether oxygens (including phenoxy) is 1. The highest BCUT2D eigenvalue weighted by atomic mass is 19.1. The molecule has 1 N–H and O–H groups in total. The molecule has 1 aliphatic heterocycles. The molecule has 176 valence electrons. The molecule has 0 radical (unpaired) electrons. The third-order valence-corrected chi connectivity index (χ3v) is 6.50. The molecule has 2 aromatic rings. The van der Waals surface area contributed by atoms with Gasteiger partial charge in [0.2, 0.25) is 5.91 Å². The first-order chi connectivity index (χ1) is 15.8. The largest absolute Gasteiger partial charge is 0.461 e. The molecule has 0 unspecified atom stereocenters. The summed E-state index contributed by atoms with van der Waals surface area (Å²) in [5.74, 6) is -1.89. The molecule has 8 nitrogen and oxygen atoms in total. The van der Waals surface area contributed by atoms with Gasteiger partial charge in [-0.15, -0.1) is 0 Å². The summed E-state index contributed by atoms with van der Waals surface area (Å²) in [6, 6.07) is 7.60. The molecule has 2 amide bonds. The maximum absolute atomic E-state index is 14.5. The molecule has 1 atom stereocenters. The van der Waals surface area contributed by atoms with Crippen LogP contribution in [0.2, 0.25) is 0 Å². The van der Waals surface area contributed by atoms with Gasteiger partial charge in [0.1, 0.15) is 17.1 Å². The molecule has 1 aromatic heterocycles. The Balaban J connectivity index is 1.70. The number of hydrogen-bond acceptors (Lipinski definition) is 5. The Kier molecular flexibility index (Phi) is 6.49. The Bertz CT molecular complexity index is 1060. The molecule has 1 aliphatic carbocycles. The fourth-order valence-electron chi connectivity index (χ4n) is 4.58. The standard InChI is InChI=1S/C24H29FN4O4/c1-3-33-22(31)19-13-20-21(30)28(14-16-9-7-8-12-18(16)25)24(2,15-29(20)27-19)23(32)26-17-10-5-4-6-11-17/h7-9,12-13,17H,3-6,10-11,14-15H2,1-2H3,(H,26,32)/t24-/m1/s1. The third kappa shape index (κ3) is 4.49. The number of carbonyl (C=O) groups is 3. The van der Waals surface area contributed by atoms with Crippen molar-refractivity contribution in [3.05, 3.63) is 53.1 Å². The van der Waals surface area contributed by atoms with Crippen molar-refractivity contribution in [2.45, 2.75) is 70.6 Å². The summed E-state index contributed by atoms with van der Waals surface area (Å²) in [6.45, 7) is 3.48. The minimum Gasteiger partial charge on any atom is -0.461 e. The molecule has 0 bridgehead atoms. The Morgan fingerprint density at radius 2 is 1.97 bits per heavy atom. The second kappa shape index (κ2) is 9.33. The monoisotopic (exact) mass is 456 g/mol. The maximum Gasteiger partial charge on any atom is 0.358 e. The number of benzene rings is 1. The molecule has 0 spiro atoms. The van der Waals surface area contributed by atoms with Crippen LogP contribution in [-0.2, 0) is 22.6 Å². The predicted molar refractivity (Wildman–Crippen MR) is 118 cm³/mol. The van der Waals surface area contributed by atoms with Crippen LogP contribution in [0.1, 0.15) is 72.5 Å². The van der Waals surface area contributed by atoms with Gasteiger partial charge in [-0.2, -0.15) is 5.10 Å². The quantitative estimate of drug-likeness (QED) is 0.675. The van der Waals surface area contributed by atoms with E-state index in [1.165, 1.54) is 21.7 Å². The SMILES string of the molecule is CCOC(=O)c1cc2n(n1)C[C@](C)(C(=O)NC1CCCCC1)N(Cc1ccccc1F)C2=O. The van der Waals surface area contributed by atoms with Crippen molar-refractivity contribution >= 4 is 17.8 Å². The van der Waals surface area contributed by atoms with Gasteiger partial charge < -0.3 is 15.0 Å². The zero-order chi connectivity index (χ0) is 23.6. The van der Waals surface area contributed by atoms with E-state index >= 15 is 0 Å². The molecular formula is C24H29FN4O4. The first-order valence-corrected chi connectivity index (χ1v) is 11.4. The topological polar surface area (TPSA) is 93.5 Å². The molecule has 1 saturated carbocycles. The molecule has 0 saturated heterocycles. The van der Waals surface area contributed by atoms with Crippen molar-refractivity contribution in [3.63, 3.8) is 0 Å². The van der Waals surface area contributed by atoms with Gasteiger partial charge in [0, 0.05) is 17.7 Å². The smallest absolute Gasteiger partial charge is 0.358 e. The van der Waals surface area contributed by atoms with Gasteiger partial charge in [0.05, 0.1) is 19.7 Å². The summed E-state index contributed by atoms with van der Waals surface area (Å²) in [5, 5.41) is 7.35. The van der Waals surface area contributed by atoms with Crippen molar-refractivity contribution in [2.75, 3.05) is 6.61 Å². The average Bonchev–Trinajstić information content (AvgIpc) is 3.23. The maximum atomic E-state index is 14.5. The first kappa shape index (κ1) is 22.9. The van der Waals surface area contributed by atoms with Gasteiger partial charge in [-0.1, -0.05) is 37.5 Å². The summed E-state index contributed by atoms with van der Waals surface area (Å²) in [4.78, 5) is 40.7. The predicted octanol–water partition coefficient (Wildman–Crippen LogP) is 3.06. The summed E-state index contributed by atoms with van der Waals surface area (Å²) in [5.41, 5.74) is -0.844. The number of carbonyl (C=O) groups excluding carboxylic acids is 3. The molecule has 33 heavy (non-hydrogen) atoms. The van der Waals surface area contributed by atoms with Crippen LogP contribution >= 0.6 is 0 Å². The fourth-order valence-corrected chi connectivity index (χ4v) is 4.58. The minimum absolute atomic E-state index is 0.00276. The van der Waals surface area contributed by atoms with Crippen molar-refractivity contribution in [2.24, 2.45) is 0 Å². The zero-order valence-electron chi connectivity index (χ0n) is 19.0. The van der Waals surface area contributed by atoms with E-state index in [4.69, 9.17) is 4.74 Å². The lowest BCUT2D eigenvalue weighted by Crippen LogP contribution is -2.64. The van der Waals surface area contributed by atoms with E-state index in [2.05, 4.69) is 10.4 Å². The zero-order valence-corrected chi connectivity index (χ0v) is 19.0. The van der Waals surface area contributed by atoms with Crippen LogP contribution in [0.25, 0.3) is 0 Å². The van der Waals surface area contributed by atoms with Crippen molar-refractivity contribution in [1.82, 2.24) is 20.0 Å². The number of nitrogens with one attached hydrogen (secondary N) is 1. The lowest BCUT2D eigenvalue weighted by Gasteiger charge is -2.44. The second-order valence-electron chi connectivity index (χ2n) is 8.86. The Hall–Kier alpha value is -3.23. The third-order valence-electron chi connectivity index (χ3n) is 6.50. The summed E-state index contributed by atoms with van der Waals surface area (Å²) in [7, 11) is 0. The number of hydrogen-bond donors (Lipinski definition) is 1. The Labute approximate surface area is 192 Å². The number of nitrogens with zero attached hydrogens (tertiary/aromatic N) is 3. The van der Waals surface area contributed by atoms with Crippen LogP contribution in [0.15, 0.2) is 30.3 Å². The highest BCUT2D eigenvalue weighted by molar-refractivity contribution is 6.01. The number of esters is 1. The Morgan fingerprint density at radius 1 is 1.24 bits per heavy atom. The van der Waals surface area contributed by atoms with Crippen LogP contribution in [0.5, 0.6) is 0 Å². The van der Waals surface area contributed by atoms with E-state index in [0.717, 1.165) is 32.1 Å². The number of amides is 2. The molecule has 4 rings (SSSR count). The summed E-state index contributed by atoms with van der Waals surface area (Å²) in [6.07, 6.45) is 5.03. The van der Waals surface area contributed by atoms with Gasteiger partial charge in [-0.25, -0.2) is 9.18 Å². The van der Waals surface area contributed by atoms with E-state index in [-0.39, 0.29) is 43.0 Å². The van der Waals surface area contributed by atoms with E-state index in [0.29, 0.717) is 5.56 Å². The summed E-state index contributed by atoms with van der Waals surface area (Å²) < 4.78 is 20.9. The van der Waals surface area contributed by atoms with Crippen LogP contribution < -0.4 is 5.32 Å². The Morgan fingerprint density at radius 3 is 2.67 bits per heavy atom. The highest BCUT2D eigenvalue weighted by Crippen LogP contribution is 2.31. The molecular weight excluding hydrogens is 427 g/mol. The fraction of sp³-hybridized carbons (Fsp3) is 0.500. The van der Waals surface area contributed by atoms with E-state index in [9.17, 15) is 18.8 Å². The van der Waals surface area contributed by atoms with Crippen LogP contribution in [0, 0.1) is 5.82 Å². The average molecular weight is 457 g/mol. The van der Waals surface area contributed by atoms with Crippen molar-refractivity contribution in [3.8, 4) is 0 Å². The number of halogens is 1. The van der Waals surface area contributed by atoms with E-state index in [1.807, 2.05) is 0 Å². The molecule has 1 aromatic carbocycles. The number of rotatable bonds is 6. The van der Waals surface area contributed by atoms with Gasteiger partial charge in [-0.3, -0.25) is 14.3 Å². The van der Waals surface area contributed by atoms with Gasteiger partial charge in [0.25, 0.3) is 5.91 Å². The van der Waals surface area contributed by atoms with Gasteiger partial charge >= 0.3 is 5.97 Å². The first-order valence-electron chi connectivity index (χ1n) is 11.4. The molecule has 2 aliphatic rings. The lowest BCUT2D eigenvalue weighted by atomic mass is 9.91. The van der Waals surface area contributed by atoms with Crippen molar-refractivity contribution in [1.29, 1.82) is 0 Å². The van der Waals surface area contributed by atoms with Gasteiger partial charge in [0.15, 0.2) is 5.69 Å². The summed E-state index contributed by atoms with van der Waals surface area (Å²) >= 11 is 0. The lowest BCUT2D eigenvalue weighted by molar-refractivity contribution is -0.134.